The number of nitrogens with zero attached hydrogens (tertiary/aromatic N) is 1. The number of hydrogen-bond acceptors (Lipinski definition) is 5. The van der Waals surface area contributed by atoms with Crippen molar-refractivity contribution >= 4 is 28.7 Å². The van der Waals surface area contributed by atoms with Crippen LogP contribution in [-0.2, 0) is 23.8 Å². The van der Waals surface area contributed by atoms with Gasteiger partial charge in [0.1, 0.15) is 5.75 Å². The number of aryl methyl sites for hydroxylation is 2. The summed E-state index contributed by atoms with van der Waals surface area (Å²) in [6.07, 6.45) is -4.25. The molecule has 0 radical (unpaired) electrons. The molecule has 194 valence electrons. The quantitative estimate of drug-likeness (QED) is 0.239. The summed E-state index contributed by atoms with van der Waals surface area (Å²) in [5.74, 6) is -0.580. The molecule has 3 aromatic carbocycles. The number of ether oxygens (including phenoxy) is 1. The van der Waals surface area contributed by atoms with Gasteiger partial charge in [0.2, 0.25) is 0 Å². The van der Waals surface area contributed by atoms with Gasteiger partial charge in [0.25, 0.3) is 0 Å². The number of carboxylic acids is 1. The Bertz CT molecular complexity index is 1410. The summed E-state index contributed by atoms with van der Waals surface area (Å²) in [6, 6.07) is 16.9. The van der Waals surface area contributed by atoms with Crippen LogP contribution >= 0.6 is 11.8 Å². The molecule has 0 fully saturated rings. The smallest absolute Gasteiger partial charge is 0.417 e. The number of carbonyl (C=O) groups is 1. The lowest BCUT2D eigenvalue weighted by molar-refractivity contribution is -0.144. The summed E-state index contributed by atoms with van der Waals surface area (Å²) in [6.45, 7) is 5.35. The fourth-order valence-corrected chi connectivity index (χ4v) is 4.95. The largest absolute Gasteiger partial charge is 0.479 e. The first kappa shape index (κ1) is 26.6. The molecule has 0 saturated carbocycles. The van der Waals surface area contributed by atoms with Crippen LogP contribution in [0.1, 0.15) is 49.1 Å². The Kier molecular flexibility index (Phi) is 7.82. The highest BCUT2D eigenvalue weighted by molar-refractivity contribution is 7.99. The minimum Gasteiger partial charge on any atom is -0.479 e. The molecule has 0 bridgehead atoms. The number of halogens is 3. The van der Waals surface area contributed by atoms with E-state index in [2.05, 4.69) is 5.16 Å². The lowest BCUT2D eigenvalue weighted by Gasteiger charge is -2.16. The Labute approximate surface area is 216 Å². The SMILES string of the molecule is CC(Oc1ccc2c(CCc3cccc(Sc4cc(C(C)C)ccc4C(F)(F)F)c3)noc2c1)C(=O)O. The monoisotopic (exact) mass is 529 g/mol. The topological polar surface area (TPSA) is 72.6 Å². The molecular weight excluding hydrogens is 503 g/mol. The van der Waals surface area contributed by atoms with Crippen molar-refractivity contribution in [3.05, 3.63) is 83.0 Å². The van der Waals surface area contributed by atoms with Gasteiger partial charge in [-0.05, 0) is 73.2 Å². The first-order chi connectivity index (χ1) is 17.5. The molecule has 1 unspecified atom stereocenters. The summed E-state index contributed by atoms with van der Waals surface area (Å²) in [7, 11) is 0. The maximum atomic E-state index is 13.6. The molecule has 4 rings (SSSR count). The Balaban J connectivity index is 1.49. The van der Waals surface area contributed by atoms with Gasteiger partial charge in [0, 0.05) is 21.2 Å². The van der Waals surface area contributed by atoms with Gasteiger partial charge in [-0.1, -0.05) is 49.0 Å². The van der Waals surface area contributed by atoms with E-state index < -0.39 is 23.8 Å². The van der Waals surface area contributed by atoms with Gasteiger partial charge < -0.3 is 14.4 Å². The second-order valence-electron chi connectivity index (χ2n) is 9.04. The molecule has 0 amide bonds. The normalized spacial score (nSPS) is 12.7. The Hall–Kier alpha value is -3.46. The molecule has 0 aliphatic heterocycles. The van der Waals surface area contributed by atoms with Crippen molar-refractivity contribution in [1.82, 2.24) is 5.16 Å². The van der Waals surface area contributed by atoms with E-state index in [0.717, 1.165) is 44.9 Å². The van der Waals surface area contributed by atoms with Crippen molar-refractivity contribution in [2.75, 3.05) is 0 Å². The van der Waals surface area contributed by atoms with Crippen molar-refractivity contribution in [3.8, 4) is 5.75 Å². The fraction of sp³-hybridized carbons (Fsp3) is 0.286. The molecule has 4 aromatic rings. The van der Waals surface area contributed by atoms with Crippen LogP contribution in [-0.4, -0.2) is 22.3 Å². The van der Waals surface area contributed by atoms with E-state index >= 15 is 0 Å². The average Bonchev–Trinajstić information content (AvgIpc) is 3.24. The van der Waals surface area contributed by atoms with Crippen LogP contribution in [0.2, 0.25) is 0 Å². The number of hydrogen-bond donors (Lipinski definition) is 1. The Morgan fingerprint density at radius 2 is 1.84 bits per heavy atom. The van der Waals surface area contributed by atoms with Gasteiger partial charge in [0.15, 0.2) is 11.7 Å². The summed E-state index contributed by atoms with van der Waals surface area (Å²) >= 11 is 1.11. The number of aliphatic carboxylic acids is 1. The van der Waals surface area contributed by atoms with Gasteiger partial charge in [-0.3, -0.25) is 0 Å². The Morgan fingerprint density at radius 1 is 1.05 bits per heavy atom. The van der Waals surface area contributed by atoms with Crippen molar-refractivity contribution in [2.45, 2.75) is 61.6 Å². The van der Waals surface area contributed by atoms with Crippen molar-refractivity contribution in [1.29, 1.82) is 0 Å². The minimum atomic E-state index is -4.43. The van der Waals surface area contributed by atoms with Crippen LogP contribution in [0.4, 0.5) is 13.2 Å². The van der Waals surface area contributed by atoms with Gasteiger partial charge in [-0.2, -0.15) is 13.2 Å². The second kappa shape index (κ2) is 10.9. The third-order valence-electron chi connectivity index (χ3n) is 5.93. The lowest BCUT2D eigenvalue weighted by Crippen LogP contribution is -2.22. The van der Waals surface area contributed by atoms with E-state index in [1.807, 2.05) is 38.1 Å². The number of rotatable bonds is 9. The maximum Gasteiger partial charge on any atom is 0.417 e. The van der Waals surface area contributed by atoms with E-state index in [1.54, 1.807) is 24.3 Å². The standard InChI is InChI=1S/C28H26F3NO4S/c1-16(2)19-8-11-23(28(29,30)31)26(14-19)37-21-6-4-5-18(13-21)7-12-24-22-10-9-20(15-25(22)36-32-24)35-17(3)27(33)34/h4-6,8-11,13-17H,7,12H2,1-3H3,(H,33,34). The molecular formula is C28H26F3NO4S. The van der Waals surface area contributed by atoms with Gasteiger partial charge in [-0.15, -0.1) is 0 Å². The van der Waals surface area contributed by atoms with E-state index in [1.165, 1.54) is 13.0 Å². The van der Waals surface area contributed by atoms with Crippen molar-refractivity contribution < 1.29 is 32.3 Å². The van der Waals surface area contributed by atoms with E-state index in [0.29, 0.717) is 24.2 Å². The Morgan fingerprint density at radius 3 is 2.54 bits per heavy atom. The number of aromatic nitrogens is 1. The highest BCUT2D eigenvalue weighted by Crippen LogP contribution is 2.41. The average molecular weight is 530 g/mol. The second-order valence-corrected chi connectivity index (χ2v) is 10.2. The zero-order valence-electron chi connectivity index (χ0n) is 20.5. The van der Waals surface area contributed by atoms with E-state index in [9.17, 15) is 18.0 Å². The summed E-state index contributed by atoms with van der Waals surface area (Å²) in [5.41, 5.74) is 2.40. The first-order valence-electron chi connectivity index (χ1n) is 11.8. The van der Waals surface area contributed by atoms with Gasteiger partial charge >= 0.3 is 12.1 Å². The van der Waals surface area contributed by atoms with Crippen LogP contribution in [0.5, 0.6) is 5.75 Å². The summed E-state index contributed by atoms with van der Waals surface area (Å²) < 4.78 is 51.7. The molecule has 37 heavy (non-hydrogen) atoms. The molecule has 0 aliphatic carbocycles. The first-order valence-corrected chi connectivity index (χ1v) is 12.6. The number of carboxylic acid groups (broad SMARTS) is 1. The summed E-state index contributed by atoms with van der Waals surface area (Å²) in [4.78, 5) is 11.9. The minimum absolute atomic E-state index is 0.119. The third-order valence-corrected chi connectivity index (χ3v) is 6.98. The molecule has 1 aromatic heterocycles. The number of benzene rings is 3. The number of fused-ring (bicyclic) bond motifs is 1. The zero-order chi connectivity index (χ0) is 26.7. The highest BCUT2D eigenvalue weighted by atomic mass is 32.2. The van der Waals surface area contributed by atoms with Crippen LogP contribution in [0.15, 0.2) is 75.0 Å². The zero-order valence-corrected chi connectivity index (χ0v) is 21.3. The molecule has 1 heterocycles. The van der Waals surface area contributed by atoms with Crippen molar-refractivity contribution in [3.63, 3.8) is 0 Å². The predicted molar refractivity (Wildman–Crippen MR) is 135 cm³/mol. The third kappa shape index (κ3) is 6.46. The van der Waals surface area contributed by atoms with Crippen LogP contribution in [0, 0.1) is 0 Å². The maximum absolute atomic E-state index is 13.6. The van der Waals surface area contributed by atoms with Crippen LogP contribution < -0.4 is 4.74 Å². The molecule has 0 saturated heterocycles. The fourth-order valence-electron chi connectivity index (χ4n) is 3.85. The summed E-state index contributed by atoms with van der Waals surface area (Å²) in [5, 5.41) is 13.9. The lowest BCUT2D eigenvalue weighted by atomic mass is 10.0. The molecule has 1 N–H and O–H groups in total. The molecule has 9 heteroatoms. The molecule has 0 spiro atoms. The van der Waals surface area contributed by atoms with E-state index in [4.69, 9.17) is 14.4 Å². The van der Waals surface area contributed by atoms with Gasteiger partial charge in [-0.25, -0.2) is 4.79 Å². The highest BCUT2D eigenvalue weighted by Gasteiger charge is 2.33. The van der Waals surface area contributed by atoms with E-state index in [-0.39, 0.29) is 10.8 Å². The van der Waals surface area contributed by atoms with Crippen molar-refractivity contribution in [2.24, 2.45) is 0 Å². The van der Waals surface area contributed by atoms with Crippen LogP contribution in [0.25, 0.3) is 11.0 Å². The predicted octanol–water partition coefficient (Wildman–Crippen LogP) is 7.76. The molecule has 1 atom stereocenters. The van der Waals surface area contributed by atoms with Crippen LogP contribution in [0.3, 0.4) is 0 Å². The molecule has 0 aliphatic rings. The molecule has 5 nitrogen and oxygen atoms in total. The van der Waals surface area contributed by atoms with Gasteiger partial charge in [0.05, 0.1) is 11.3 Å². The number of alkyl halides is 3.